The van der Waals surface area contributed by atoms with Gasteiger partial charge in [0.2, 0.25) is 0 Å². The number of unbranched alkanes of at least 4 members (excludes halogenated alkanes) is 6. The van der Waals surface area contributed by atoms with Crippen LogP contribution in [-0.4, -0.2) is 19.7 Å². The van der Waals surface area contributed by atoms with Crippen LogP contribution in [0.4, 0.5) is 0 Å². The average molecular weight is 256 g/mol. The van der Waals surface area contributed by atoms with E-state index < -0.39 is 0 Å². The van der Waals surface area contributed by atoms with Gasteiger partial charge in [-0.1, -0.05) is 46.0 Å². The highest BCUT2D eigenvalue weighted by molar-refractivity contribution is 5.69. The normalized spacial score (nSPS) is 11.6. The zero-order valence-corrected chi connectivity index (χ0v) is 12.0. The molecule has 0 rings (SSSR count). The van der Waals surface area contributed by atoms with Crippen molar-refractivity contribution < 1.29 is 14.3 Å². The van der Waals surface area contributed by atoms with Crippen molar-refractivity contribution in [3.05, 3.63) is 11.8 Å². The van der Waals surface area contributed by atoms with Crippen molar-refractivity contribution >= 4 is 6.29 Å². The van der Waals surface area contributed by atoms with Crippen molar-refractivity contribution in [2.75, 3.05) is 13.4 Å². The Morgan fingerprint density at radius 2 is 1.72 bits per heavy atom. The molecule has 0 aromatic heterocycles. The minimum Gasteiger partial charge on any atom is -0.464 e. The van der Waals surface area contributed by atoms with Gasteiger partial charge in [-0.15, -0.1) is 0 Å². The summed E-state index contributed by atoms with van der Waals surface area (Å²) in [4.78, 5) is 10.7. The summed E-state index contributed by atoms with van der Waals surface area (Å²) in [5.74, 6) is 0.398. The van der Waals surface area contributed by atoms with Gasteiger partial charge >= 0.3 is 0 Å². The summed E-state index contributed by atoms with van der Waals surface area (Å²) in [7, 11) is 0. The molecule has 0 aliphatic heterocycles. The molecule has 0 aromatic carbocycles. The van der Waals surface area contributed by atoms with Crippen LogP contribution in [0, 0.1) is 0 Å². The Morgan fingerprint density at radius 3 is 2.39 bits per heavy atom. The summed E-state index contributed by atoms with van der Waals surface area (Å²) in [6, 6.07) is 0. The van der Waals surface area contributed by atoms with Crippen LogP contribution in [-0.2, 0) is 14.3 Å². The van der Waals surface area contributed by atoms with Crippen LogP contribution in [0.25, 0.3) is 0 Å². The van der Waals surface area contributed by atoms with E-state index in [0.717, 1.165) is 32.0 Å². The molecule has 0 saturated heterocycles. The third kappa shape index (κ3) is 11.6. The molecule has 0 spiro atoms. The smallest absolute Gasteiger partial charge is 0.189 e. The first-order chi connectivity index (χ1) is 8.85. The van der Waals surface area contributed by atoms with Crippen molar-refractivity contribution in [3.63, 3.8) is 0 Å². The Balaban J connectivity index is 3.39. The Kier molecular flexibility index (Phi) is 13.6. The molecule has 0 saturated carbocycles. The van der Waals surface area contributed by atoms with Gasteiger partial charge in [0.05, 0.1) is 6.61 Å². The van der Waals surface area contributed by atoms with E-state index in [4.69, 9.17) is 9.47 Å². The zero-order chi connectivity index (χ0) is 13.5. The summed E-state index contributed by atoms with van der Waals surface area (Å²) >= 11 is 0. The van der Waals surface area contributed by atoms with E-state index >= 15 is 0 Å². The fourth-order valence-electron chi connectivity index (χ4n) is 1.57. The topological polar surface area (TPSA) is 35.5 Å². The molecule has 0 aliphatic rings. The summed E-state index contributed by atoms with van der Waals surface area (Å²) in [5, 5.41) is 0. The molecule has 0 aliphatic carbocycles. The minimum absolute atomic E-state index is 0.185. The lowest BCUT2D eigenvalue weighted by atomic mass is 10.2. The molecular weight excluding hydrogens is 228 g/mol. The van der Waals surface area contributed by atoms with Gasteiger partial charge in [-0.05, 0) is 25.3 Å². The molecule has 3 heteroatoms. The highest BCUT2D eigenvalue weighted by Crippen LogP contribution is 2.04. The number of hydrogen-bond acceptors (Lipinski definition) is 3. The average Bonchev–Trinajstić information content (AvgIpc) is 2.40. The van der Waals surface area contributed by atoms with Gasteiger partial charge in [0.15, 0.2) is 18.8 Å². The lowest BCUT2D eigenvalue weighted by molar-refractivity contribution is -0.111. The molecule has 3 nitrogen and oxygen atoms in total. The Bertz CT molecular complexity index is 212. The second-order valence-corrected chi connectivity index (χ2v) is 4.45. The first kappa shape index (κ1) is 17.2. The molecule has 0 unspecified atom stereocenters. The molecular formula is C15H28O3. The Morgan fingerprint density at radius 1 is 1.00 bits per heavy atom. The number of carbonyl (C=O) groups excluding carboxylic acids is 1. The highest BCUT2D eigenvalue weighted by Gasteiger charge is 1.96. The van der Waals surface area contributed by atoms with Crippen molar-refractivity contribution in [2.24, 2.45) is 0 Å². The van der Waals surface area contributed by atoms with Crippen LogP contribution in [0.15, 0.2) is 11.8 Å². The number of ether oxygens (including phenoxy) is 2. The summed E-state index contributed by atoms with van der Waals surface area (Å²) in [6.07, 6.45) is 11.8. The van der Waals surface area contributed by atoms with Crippen molar-refractivity contribution in [2.45, 2.75) is 65.2 Å². The Hall–Kier alpha value is -0.830. The van der Waals surface area contributed by atoms with Crippen molar-refractivity contribution in [1.82, 2.24) is 0 Å². The first-order valence-corrected chi connectivity index (χ1v) is 7.21. The van der Waals surface area contributed by atoms with Crippen LogP contribution >= 0.6 is 0 Å². The van der Waals surface area contributed by atoms with E-state index in [1.807, 2.05) is 6.08 Å². The standard InChI is InChI=1S/C15H28O3/c1-3-5-7-8-10-12-17-14-18-15(13-16)11-9-6-4-2/h11,13H,3-10,12,14H2,1-2H3/b15-11+. The van der Waals surface area contributed by atoms with Gasteiger partial charge in [-0.25, -0.2) is 0 Å². The fraction of sp³-hybridized carbons (Fsp3) is 0.800. The van der Waals surface area contributed by atoms with Crippen molar-refractivity contribution in [1.29, 1.82) is 0 Å². The Labute approximate surface area is 112 Å². The van der Waals surface area contributed by atoms with Crippen LogP contribution in [0.3, 0.4) is 0 Å². The molecule has 0 aromatic rings. The van der Waals surface area contributed by atoms with E-state index in [-0.39, 0.29) is 6.79 Å². The summed E-state index contributed by atoms with van der Waals surface area (Å²) in [6.45, 7) is 5.22. The number of allylic oxidation sites excluding steroid dienone is 2. The van der Waals surface area contributed by atoms with E-state index in [2.05, 4.69) is 13.8 Å². The minimum atomic E-state index is 0.185. The zero-order valence-electron chi connectivity index (χ0n) is 12.0. The van der Waals surface area contributed by atoms with Gasteiger partial charge in [-0.2, -0.15) is 0 Å². The second-order valence-electron chi connectivity index (χ2n) is 4.45. The number of hydrogen-bond donors (Lipinski definition) is 0. The fourth-order valence-corrected chi connectivity index (χ4v) is 1.57. The van der Waals surface area contributed by atoms with Crippen LogP contribution in [0.5, 0.6) is 0 Å². The van der Waals surface area contributed by atoms with Gasteiger partial charge in [0.25, 0.3) is 0 Å². The highest BCUT2D eigenvalue weighted by atomic mass is 16.7. The van der Waals surface area contributed by atoms with E-state index in [1.54, 1.807) is 0 Å². The van der Waals surface area contributed by atoms with Crippen molar-refractivity contribution in [3.8, 4) is 0 Å². The molecule has 0 fully saturated rings. The first-order valence-electron chi connectivity index (χ1n) is 7.21. The van der Waals surface area contributed by atoms with Gasteiger partial charge in [-0.3, -0.25) is 4.79 Å². The SMILES string of the molecule is CCCC/C=C(\C=O)OCOCCCCCCC. The van der Waals surface area contributed by atoms with Crippen LogP contribution in [0.2, 0.25) is 0 Å². The molecule has 0 N–H and O–H groups in total. The molecule has 106 valence electrons. The molecule has 0 radical (unpaired) electrons. The molecule has 0 bridgehead atoms. The quantitative estimate of drug-likeness (QED) is 0.163. The van der Waals surface area contributed by atoms with Gasteiger partial charge in [0.1, 0.15) is 0 Å². The molecule has 18 heavy (non-hydrogen) atoms. The third-order valence-electron chi connectivity index (χ3n) is 2.72. The molecule has 0 atom stereocenters. The number of aldehydes is 1. The lowest BCUT2D eigenvalue weighted by Crippen LogP contribution is -2.02. The maximum Gasteiger partial charge on any atom is 0.189 e. The number of carbonyl (C=O) groups is 1. The predicted molar refractivity (Wildman–Crippen MR) is 74.3 cm³/mol. The van der Waals surface area contributed by atoms with Gasteiger partial charge in [0, 0.05) is 0 Å². The monoisotopic (exact) mass is 256 g/mol. The maximum atomic E-state index is 10.7. The predicted octanol–water partition coefficient (Wildman–Crippen LogP) is 4.22. The maximum absolute atomic E-state index is 10.7. The molecule has 0 amide bonds. The van der Waals surface area contributed by atoms with Crippen LogP contribution in [0.1, 0.15) is 65.2 Å². The molecule has 0 heterocycles. The second kappa shape index (κ2) is 14.2. The third-order valence-corrected chi connectivity index (χ3v) is 2.72. The van der Waals surface area contributed by atoms with E-state index in [9.17, 15) is 4.79 Å². The summed E-state index contributed by atoms with van der Waals surface area (Å²) < 4.78 is 10.6. The van der Waals surface area contributed by atoms with Gasteiger partial charge < -0.3 is 9.47 Å². The lowest BCUT2D eigenvalue weighted by Gasteiger charge is -2.06. The summed E-state index contributed by atoms with van der Waals surface area (Å²) in [5.41, 5.74) is 0. The number of rotatable bonds is 13. The van der Waals surface area contributed by atoms with E-state index in [1.165, 1.54) is 25.7 Å². The van der Waals surface area contributed by atoms with Crippen LogP contribution < -0.4 is 0 Å². The van der Waals surface area contributed by atoms with E-state index in [0.29, 0.717) is 12.4 Å². The largest absolute Gasteiger partial charge is 0.464 e.